The summed E-state index contributed by atoms with van der Waals surface area (Å²) in [7, 11) is 0. The van der Waals surface area contributed by atoms with Crippen LogP contribution in [0.15, 0.2) is 36.5 Å². The number of carbonyl (C=O) groups excluding carboxylic acids is 2. The van der Waals surface area contributed by atoms with E-state index in [2.05, 4.69) is 50.4 Å². The summed E-state index contributed by atoms with van der Waals surface area (Å²) in [4.78, 5) is 26.5. The van der Waals surface area contributed by atoms with Crippen molar-refractivity contribution in [1.29, 1.82) is 0 Å². The number of unbranched alkanes of at least 4 members (excludes halogenated alkanes) is 34. The Labute approximate surface area is 447 Å². The molecule has 0 aromatic carbocycles. The highest BCUT2D eigenvalue weighted by atomic mass is 16.7. The molecule has 1 aliphatic rings. The van der Waals surface area contributed by atoms with Crippen LogP contribution in [0.25, 0.3) is 0 Å². The third kappa shape index (κ3) is 39.0. The number of esters is 1. The molecule has 6 N–H and O–H groups in total. The summed E-state index contributed by atoms with van der Waals surface area (Å²) in [5.74, 6) is -1.20. The number of rotatable bonds is 52. The lowest BCUT2D eigenvalue weighted by atomic mass is 9.99. The van der Waals surface area contributed by atoms with Gasteiger partial charge in [-0.25, -0.2) is 0 Å². The zero-order valence-corrected chi connectivity index (χ0v) is 47.3. The number of allylic oxidation sites excluding steroid dienone is 5. The van der Waals surface area contributed by atoms with Gasteiger partial charge < -0.3 is 45.1 Å². The van der Waals surface area contributed by atoms with E-state index in [1.807, 2.05) is 6.08 Å². The van der Waals surface area contributed by atoms with Crippen LogP contribution < -0.4 is 5.32 Å². The monoisotopic (exact) mass is 1030 g/mol. The number of amides is 1. The zero-order chi connectivity index (χ0) is 53.3. The van der Waals surface area contributed by atoms with Crippen molar-refractivity contribution < 1.29 is 49.3 Å². The second-order valence-corrected chi connectivity index (χ2v) is 21.4. The van der Waals surface area contributed by atoms with Crippen LogP contribution >= 0.6 is 0 Å². The van der Waals surface area contributed by atoms with Crippen molar-refractivity contribution in [2.24, 2.45) is 0 Å². The van der Waals surface area contributed by atoms with E-state index in [1.165, 1.54) is 167 Å². The highest BCUT2D eigenvalue weighted by Gasteiger charge is 2.47. The molecule has 1 aliphatic heterocycles. The van der Waals surface area contributed by atoms with Crippen molar-refractivity contribution in [2.75, 3.05) is 13.2 Å². The maximum atomic E-state index is 13.3. The molecular formula is C62H115NO10. The van der Waals surface area contributed by atoms with Crippen LogP contribution in [0, 0.1) is 0 Å². The SMILES string of the molecule is CCCC/C=C\CCCCCCC(O)C(=O)NC(COC1OC(CO)C(O)C(O)C1OC(=O)CCCCCCCCCCCCC/C=C/CCCCCCCC)C(O)/C=C/CCCCCCCCCCCCC. The molecule has 11 nitrogen and oxygen atoms in total. The number of aliphatic hydroxyl groups is 5. The zero-order valence-electron chi connectivity index (χ0n) is 47.3. The summed E-state index contributed by atoms with van der Waals surface area (Å²) >= 11 is 0. The van der Waals surface area contributed by atoms with Gasteiger partial charge in [0.15, 0.2) is 12.4 Å². The van der Waals surface area contributed by atoms with Crippen molar-refractivity contribution in [1.82, 2.24) is 5.32 Å². The molecule has 1 fully saturated rings. The van der Waals surface area contributed by atoms with Crippen LogP contribution in [0.3, 0.4) is 0 Å². The fraction of sp³-hybridized carbons (Fsp3) is 0.871. The summed E-state index contributed by atoms with van der Waals surface area (Å²) in [6.45, 7) is 5.74. The molecule has 0 aromatic rings. The minimum atomic E-state index is -1.61. The second kappa shape index (κ2) is 50.7. The number of ether oxygens (including phenoxy) is 3. The Balaban J connectivity index is 2.63. The smallest absolute Gasteiger partial charge is 0.306 e. The Morgan fingerprint density at radius 2 is 0.918 bits per heavy atom. The van der Waals surface area contributed by atoms with Crippen molar-refractivity contribution in [3.63, 3.8) is 0 Å². The fourth-order valence-electron chi connectivity index (χ4n) is 9.57. The van der Waals surface area contributed by atoms with Gasteiger partial charge in [0.1, 0.15) is 24.4 Å². The first kappa shape index (κ1) is 68.9. The normalized spacial score (nSPS) is 19.6. The lowest BCUT2D eigenvalue weighted by Crippen LogP contribution is -2.61. The summed E-state index contributed by atoms with van der Waals surface area (Å²) in [6, 6.07) is -1.02. The maximum Gasteiger partial charge on any atom is 0.306 e. The van der Waals surface area contributed by atoms with Gasteiger partial charge in [0.25, 0.3) is 0 Å². The summed E-state index contributed by atoms with van der Waals surface area (Å²) in [6.07, 6.45) is 49.1. The third-order valence-corrected chi connectivity index (χ3v) is 14.5. The lowest BCUT2D eigenvalue weighted by molar-refractivity contribution is -0.305. The minimum Gasteiger partial charge on any atom is -0.454 e. The van der Waals surface area contributed by atoms with E-state index in [-0.39, 0.29) is 19.4 Å². The first-order valence-corrected chi connectivity index (χ1v) is 30.8. The molecule has 8 unspecified atom stereocenters. The molecule has 73 heavy (non-hydrogen) atoms. The third-order valence-electron chi connectivity index (χ3n) is 14.5. The second-order valence-electron chi connectivity index (χ2n) is 21.4. The van der Waals surface area contributed by atoms with Crippen molar-refractivity contribution in [3.05, 3.63) is 36.5 Å². The Bertz CT molecular complexity index is 1330. The van der Waals surface area contributed by atoms with E-state index in [0.29, 0.717) is 12.8 Å². The average molecular weight is 1030 g/mol. The maximum absolute atomic E-state index is 13.3. The number of nitrogens with one attached hydrogen (secondary N) is 1. The van der Waals surface area contributed by atoms with Crippen LogP contribution in [-0.2, 0) is 23.8 Å². The van der Waals surface area contributed by atoms with Gasteiger partial charge in [0.2, 0.25) is 5.91 Å². The van der Waals surface area contributed by atoms with E-state index >= 15 is 0 Å². The fourth-order valence-corrected chi connectivity index (χ4v) is 9.57. The van der Waals surface area contributed by atoms with E-state index in [9.17, 15) is 35.1 Å². The van der Waals surface area contributed by atoms with E-state index in [1.54, 1.807) is 6.08 Å². The Morgan fingerprint density at radius 1 is 0.521 bits per heavy atom. The number of hydrogen-bond acceptors (Lipinski definition) is 10. The minimum absolute atomic E-state index is 0.124. The molecule has 11 heteroatoms. The number of carbonyl (C=O) groups is 2. The largest absolute Gasteiger partial charge is 0.454 e. The van der Waals surface area contributed by atoms with Crippen molar-refractivity contribution in [3.8, 4) is 0 Å². The molecule has 0 bridgehead atoms. The van der Waals surface area contributed by atoms with Crippen molar-refractivity contribution in [2.45, 2.75) is 333 Å². The molecule has 1 amide bonds. The van der Waals surface area contributed by atoms with Crippen LogP contribution in [0.4, 0.5) is 0 Å². The molecule has 0 aliphatic carbocycles. The summed E-state index contributed by atoms with van der Waals surface area (Å²) < 4.78 is 17.6. The van der Waals surface area contributed by atoms with Gasteiger partial charge in [-0.15, -0.1) is 0 Å². The topological polar surface area (TPSA) is 175 Å². The molecule has 1 rings (SSSR count). The quantitative estimate of drug-likeness (QED) is 0.0195. The van der Waals surface area contributed by atoms with Crippen LogP contribution in [0.5, 0.6) is 0 Å². The van der Waals surface area contributed by atoms with Gasteiger partial charge in [0, 0.05) is 6.42 Å². The first-order valence-electron chi connectivity index (χ1n) is 30.8. The average Bonchev–Trinajstić information content (AvgIpc) is 3.39. The molecule has 428 valence electrons. The molecule has 0 saturated carbocycles. The highest BCUT2D eigenvalue weighted by molar-refractivity contribution is 5.80. The molecular weight excluding hydrogens is 919 g/mol. The molecule has 0 spiro atoms. The Kier molecular flexibility index (Phi) is 47.8. The van der Waals surface area contributed by atoms with Crippen LogP contribution in [0.2, 0.25) is 0 Å². The first-order chi connectivity index (χ1) is 35.7. The summed E-state index contributed by atoms with van der Waals surface area (Å²) in [5, 5.41) is 56.8. The van der Waals surface area contributed by atoms with E-state index in [0.717, 1.165) is 70.6 Å². The molecule has 0 radical (unpaired) electrons. The van der Waals surface area contributed by atoms with Crippen molar-refractivity contribution >= 4 is 11.9 Å². The lowest BCUT2D eigenvalue weighted by Gasteiger charge is -2.41. The predicted molar refractivity (Wildman–Crippen MR) is 301 cm³/mol. The van der Waals surface area contributed by atoms with Crippen LogP contribution in [-0.4, -0.2) is 99.6 Å². The highest BCUT2D eigenvalue weighted by Crippen LogP contribution is 2.26. The standard InChI is InChI=1S/C62H115NO10/c1-4-7-10-13-16-19-22-24-25-26-27-28-29-30-31-33-35-38-41-44-47-50-57(67)73-60-59(69)58(68)56(51-64)72-62(60)71-52-53(54(65)48-45-42-39-37-34-32-23-20-17-14-11-8-5-2)63-61(70)55(66)49-46-43-40-36-21-18-15-12-9-6-3/h15,18,24-25,45,48,53-56,58-60,62,64-66,68-69H,4-14,16-17,19-23,26-44,46-47,49-52H2,1-3H3,(H,63,70)/b18-15-,25-24+,48-45+. The number of aliphatic hydroxyl groups excluding tert-OH is 5. The van der Waals surface area contributed by atoms with Crippen LogP contribution in [0.1, 0.15) is 284 Å². The van der Waals surface area contributed by atoms with Gasteiger partial charge in [-0.3, -0.25) is 9.59 Å². The molecule has 8 atom stereocenters. The van der Waals surface area contributed by atoms with Gasteiger partial charge in [-0.05, 0) is 70.6 Å². The number of hydrogen-bond donors (Lipinski definition) is 6. The molecule has 0 aromatic heterocycles. The van der Waals surface area contributed by atoms with E-state index < -0.39 is 67.4 Å². The summed E-state index contributed by atoms with van der Waals surface area (Å²) in [5.41, 5.74) is 0. The predicted octanol–water partition coefficient (Wildman–Crippen LogP) is 14.3. The van der Waals surface area contributed by atoms with Gasteiger partial charge in [-0.1, -0.05) is 243 Å². The van der Waals surface area contributed by atoms with E-state index in [4.69, 9.17) is 14.2 Å². The van der Waals surface area contributed by atoms with Gasteiger partial charge in [-0.2, -0.15) is 0 Å². The van der Waals surface area contributed by atoms with Gasteiger partial charge in [0.05, 0.1) is 25.4 Å². The molecule has 1 saturated heterocycles. The Morgan fingerprint density at radius 3 is 1.37 bits per heavy atom. The molecule has 1 heterocycles. The van der Waals surface area contributed by atoms with Gasteiger partial charge >= 0.3 is 5.97 Å². The Hall–Kier alpha value is -2.12.